The van der Waals surface area contributed by atoms with Gasteiger partial charge in [0.2, 0.25) is 5.95 Å². The van der Waals surface area contributed by atoms with Gasteiger partial charge in [0, 0.05) is 17.0 Å². The number of aromatic nitrogens is 2. The zero-order valence-electron chi connectivity index (χ0n) is 13.9. The molecule has 0 atom stereocenters. The Morgan fingerprint density at radius 1 is 1.08 bits per heavy atom. The van der Waals surface area contributed by atoms with Crippen LogP contribution in [0.5, 0.6) is 0 Å². The molecule has 0 unspecified atom stereocenters. The van der Waals surface area contributed by atoms with Gasteiger partial charge >= 0.3 is 0 Å². The Hall–Kier alpha value is -2.56. The van der Waals surface area contributed by atoms with Gasteiger partial charge in [0.1, 0.15) is 17.3 Å². The first kappa shape index (κ1) is 15.0. The highest BCUT2D eigenvalue weighted by molar-refractivity contribution is 5.93. The second-order valence-electron chi connectivity index (χ2n) is 6.55. The van der Waals surface area contributed by atoms with Gasteiger partial charge in [0.15, 0.2) is 0 Å². The number of hydrogen-bond acceptors (Lipinski definition) is 5. The molecule has 3 N–H and O–H groups in total. The maximum atomic E-state index is 5.90. The monoisotopic (exact) mass is 322 g/mol. The zero-order chi connectivity index (χ0) is 16.5. The molecule has 124 valence electrons. The predicted octanol–water partition coefficient (Wildman–Crippen LogP) is 4.53. The van der Waals surface area contributed by atoms with Crippen LogP contribution in [0, 0.1) is 6.92 Å². The molecule has 3 aromatic rings. The fourth-order valence-electron chi connectivity index (χ4n) is 3.44. The van der Waals surface area contributed by atoms with Gasteiger partial charge in [-0.2, -0.15) is 4.98 Å². The van der Waals surface area contributed by atoms with Crippen molar-refractivity contribution in [1.29, 1.82) is 0 Å². The number of nitrogens with zero attached hydrogens (tertiary/aromatic N) is 2. The summed E-state index contributed by atoms with van der Waals surface area (Å²) in [5.41, 5.74) is 7.78. The lowest BCUT2D eigenvalue weighted by atomic mass is 9.95. The van der Waals surface area contributed by atoms with Crippen LogP contribution in [0.4, 0.5) is 11.8 Å². The summed E-state index contributed by atoms with van der Waals surface area (Å²) in [6.45, 7) is 1.95. The second kappa shape index (κ2) is 6.15. The largest absolute Gasteiger partial charge is 0.461 e. The average molecular weight is 322 g/mol. The van der Waals surface area contributed by atoms with E-state index >= 15 is 0 Å². The van der Waals surface area contributed by atoms with E-state index in [4.69, 9.17) is 10.2 Å². The summed E-state index contributed by atoms with van der Waals surface area (Å²) in [6, 6.07) is 10.5. The molecule has 0 spiro atoms. The molecule has 5 heteroatoms. The van der Waals surface area contributed by atoms with Crippen molar-refractivity contribution in [3.8, 4) is 11.3 Å². The Bertz CT molecular complexity index is 865. The molecule has 1 saturated carbocycles. The van der Waals surface area contributed by atoms with E-state index in [1.807, 2.05) is 31.2 Å². The summed E-state index contributed by atoms with van der Waals surface area (Å²) in [6.07, 6.45) is 6.23. The molecular formula is C19H22N4O. The van der Waals surface area contributed by atoms with Crippen molar-refractivity contribution in [1.82, 2.24) is 9.97 Å². The van der Waals surface area contributed by atoms with Gasteiger partial charge in [-0.05, 0) is 50.1 Å². The number of nitrogens with one attached hydrogen (secondary N) is 1. The Kier molecular flexibility index (Phi) is 3.84. The van der Waals surface area contributed by atoms with Crippen molar-refractivity contribution in [2.24, 2.45) is 0 Å². The zero-order valence-corrected chi connectivity index (χ0v) is 13.9. The van der Waals surface area contributed by atoms with E-state index in [2.05, 4.69) is 21.4 Å². The van der Waals surface area contributed by atoms with E-state index < -0.39 is 0 Å². The first-order valence-electron chi connectivity index (χ1n) is 8.60. The number of aryl methyl sites for hydroxylation is 1. The fraction of sp³-hybridized carbons (Fsp3) is 0.368. The number of furan rings is 1. The first-order valence-corrected chi connectivity index (χ1v) is 8.60. The van der Waals surface area contributed by atoms with Crippen molar-refractivity contribution in [2.75, 3.05) is 11.1 Å². The summed E-state index contributed by atoms with van der Waals surface area (Å²) >= 11 is 0. The average Bonchev–Trinajstić information content (AvgIpc) is 3.02. The molecule has 0 saturated heterocycles. The van der Waals surface area contributed by atoms with Crippen LogP contribution in [0.1, 0.15) is 37.9 Å². The smallest absolute Gasteiger partial charge is 0.222 e. The third-order valence-corrected chi connectivity index (χ3v) is 4.68. The minimum absolute atomic E-state index is 0.308. The lowest BCUT2D eigenvalue weighted by molar-refractivity contribution is 0.462. The quantitative estimate of drug-likeness (QED) is 0.741. The number of hydrogen-bond donors (Lipinski definition) is 2. The number of nitrogen functional groups attached to an aromatic ring is 1. The van der Waals surface area contributed by atoms with Crippen LogP contribution in [0.15, 0.2) is 34.7 Å². The minimum Gasteiger partial charge on any atom is -0.461 e. The molecule has 5 nitrogen and oxygen atoms in total. The van der Waals surface area contributed by atoms with Gasteiger partial charge in [-0.3, -0.25) is 0 Å². The third-order valence-electron chi connectivity index (χ3n) is 4.68. The van der Waals surface area contributed by atoms with Gasteiger partial charge in [0.25, 0.3) is 0 Å². The molecule has 1 fully saturated rings. The highest BCUT2D eigenvalue weighted by Crippen LogP contribution is 2.30. The van der Waals surface area contributed by atoms with Gasteiger partial charge in [-0.1, -0.05) is 19.3 Å². The van der Waals surface area contributed by atoms with Crippen LogP contribution in [0.2, 0.25) is 0 Å². The Balaban J connectivity index is 1.75. The predicted molar refractivity (Wildman–Crippen MR) is 96.9 cm³/mol. The molecule has 1 aliphatic carbocycles. The summed E-state index contributed by atoms with van der Waals surface area (Å²) in [5.74, 6) is 2.89. The van der Waals surface area contributed by atoms with Crippen molar-refractivity contribution in [3.63, 3.8) is 0 Å². The Labute approximate surface area is 141 Å². The summed E-state index contributed by atoms with van der Waals surface area (Å²) in [7, 11) is 0. The van der Waals surface area contributed by atoms with Crippen molar-refractivity contribution < 1.29 is 4.42 Å². The van der Waals surface area contributed by atoms with E-state index in [1.54, 1.807) is 0 Å². The van der Waals surface area contributed by atoms with Crippen LogP contribution in [-0.2, 0) is 0 Å². The standard InChI is InChI=1S/C19H22N4O/c1-12-7-10-17(24-12)13-8-9-16-15(11-13)18(23-19(20)22-16)21-14-5-3-2-4-6-14/h7-11,14H,2-6H2,1H3,(H3,20,21,22,23). The normalized spacial score (nSPS) is 15.7. The van der Waals surface area contributed by atoms with Gasteiger partial charge < -0.3 is 15.5 Å². The van der Waals surface area contributed by atoms with Crippen LogP contribution in [0.25, 0.3) is 22.2 Å². The molecule has 4 rings (SSSR count). The van der Waals surface area contributed by atoms with E-state index in [-0.39, 0.29) is 0 Å². The highest BCUT2D eigenvalue weighted by Gasteiger charge is 2.16. The lowest BCUT2D eigenvalue weighted by Gasteiger charge is -2.24. The molecule has 2 aromatic heterocycles. The molecule has 1 aromatic carbocycles. The summed E-state index contributed by atoms with van der Waals surface area (Å²) in [4.78, 5) is 8.83. The molecule has 2 heterocycles. The van der Waals surface area contributed by atoms with E-state index in [9.17, 15) is 0 Å². The van der Waals surface area contributed by atoms with E-state index in [0.29, 0.717) is 12.0 Å². The highest BCUT2D eigenvalue weighted by atomic mass is 16.3. The van der Waals surface area contributed by atoms with Gasteiger partial charge in [-0.25, -0.2) is 4.98 Å². The number of benzene rings is 1. The summed E-state index contributed by atoms with van der Waals surface area (Å²) < 4.78 is 5.75. The van der Waals surface area contributed by atoms with Crippen LogP contribution in [-0.4, -0.2) is 16.0 Å². The number of rotatable bonds is 3. The van der Waals surface area contributed by atoms with Crippen molar-refractivity contribution >= 4 is 22.7 Å². The van der Waals surface area contributed by atoms with Crippen LogP contribution >= 0.6 is 0 Å². The lowest BCUT2D eigenvalue weighted by Crippen LogP contribution is -2.23. The van der Waals surface area contributed by atoms with Crippen LogP contribution < -0.4 is 11.1 Å². The molecule has 24 heavy (non-hydrogen) atoms. The van der Waals surface area contributed by atoms with Gasteiger partial charge in [-0.15, -0.1) is 0 Å². The Morgan fingerprint density at radius 3 is 2.67 bits per heavy atom. The molecule has 1 aliphatic rings. The molecular weight excluding hydrogens is 300 g/mol. The number of nitrogens with two attached hydrogens (primary N) is 1. The van der Waals surface area contributed by atoms with E-state index in [1.165, 1.54) is 32.1 Å². The van der Waals surface area contributed by atoms with Crippen molar-refractivity contribution in [2.45, 2.75) is 45.1 Å². The second-order valence-corrected chi connectivity index (χ2v) is 6.55. The number of fused-ring (bicyclic) bond motifs is 1. The van der Waals surface area contributed by atoms with Crippen molar-refractivity contribution in [3.05, 3.63) is 36.1 Å². The summed E-state index contributed by atoms with van der Waals surface area (Å²) in [5, 5.41) is 4.57. The minimum atomic E-state index is 0.308. The maximum Gasteiger partial charge on any atom is 0.222 e. The molecule has 0 amide bonds. The molecule has 0 aliphatic heterocycles. The third kappa shape index (κ3) is 2.94. The van der Waals surface area contributed by atoms with Crippen LogP contribution in [0.3, 0.4) is 0 Å². The maximum absolute atomic E-state index is 5.90. The SMILES string of the molecule is Cc1ccc(-c2ccc3nc(N)nc(NC4CCCCC4)c3c2)o1. The van der Waals surface area contributed by atoms with Gasteiger partial charge in [0.05, 0.1) is 5.52 Å². The topological polar surface area (TPSA) is 77.0 Å². The number of anilines is 2. The molecule has 0 radical (unpaired) electrons. The molecule has 0 bridgehead atoms. The first-order chi connectivity index (χ1) is 11.7. The fourth-order valence-corrected chi connectivity index (χ4v) is 3.44. The van der Waals surface area contributed by atoms with E-state index in [0.717, 1.165) is 33.8 Å². The Morgan fingerprint density at radius 2 is 1.92 bits per heavy atom.